The molecule has 2 aromatic rings. The number of para-hydroxylation sites is 1. The highest BCUT2D eigenvalue weighted by atomic mass is 16.5. The average molecular weight is 276 g/mol. The first-order valence-corrected chi connectivity index (χ1v) is 6.83. The summed E-state index contributed by atoms with van der Waals surface area (Å²) in [7, 11) is 0. The summed E-state index contributed by atoms with van der Waals surface area (Å²) >= 11 is 0. The van der Waals surface area contributed by atoms with Gasteiger partial charge in [0.25, 0.3) is 0 Å². The molecule has 6 nitrogen and oxygen atoms in total. The standard InChI is InChI=1S/C14H20N4O2/c1-2-8-15-11-13-17-18-14(20-13)16-9-10-19-12-6-4-3-5-7-12/h3-7,15H,2,8-11H2,1H3,(H,16,18). The highest BCUT2D eigenvalue weighted by molar-refractivity contribution is 5.21. The normalized spacial score (nSPS) is 10.4. The molecular weight excluding hydrogens is 256 g/mol. The van der Waals surface area contributed by atoms with E-state index in [-0.39, 0.29) is 0 Å². The Balaban J connectivity index is 1.64. The van der Waals surface area contributed by atoms with Gasteiger partial charge in [0.2, 0.25) is 5.89 Å². The number of hydrogen-bond donors (Lipinski definition) is 2. The van der Waals surface area contributed by atoms with Crippen LogP contribution in [-0.4, -0.2) is 29.9 Å². The van der Waals surface area contributed by atoms with Gasteiger partial charge in [-0.25, -0.2) is 0 Å². The third-order valence-corrected chi connectivity index (χ3v) is 2.56. The van der Waals surface area contributed by atoms with E-state index in [0.717, 1.165) is 18.7 Å². The minimum absolute atomic E-state index is 0.426. The first-order valence-electron chi connectivity index (χ1n) is 6.83. The van der Waals surface area contributed by atoms with Gasteiger partial charge in [-0.3, -0.25) is 0 Å². The predicted octanol–water partition coefficient (Wildman–Crippen LogP) is 2.06. The second kappa shape index (κ2) is 8.16. The predicted molar refractivity (Wildman–Crippen MR) is 76.7 cm³/mol. The minimum Gasteiger partial charge on any atom is -0.492 e. The van der Waals surface area contributed by atoms with Crippen LogP contribution in [0.3, 0.4) is 0 Å². The van der Waals surface area contributed by atoms with Crippen molar-refractivity contribution in [1.82, 2.24) is 15.5 Å². The number of rotatable bonds is 9. The van der Waals surface area contributed by atoms with Gasteiger partial charge in [0.1, 0.15) is 12.4 Å². The fourth-order valence-electron chi connectivity index (χ4n) is 1.61. The van der Waals surface area contributed by atoms with Crippen LogP contribution in [0.1, 0.15) is 19.2 Å². The van der Waals surface area contributed by atoms with Crippen molar-refractivity contribution in [3.8, 4) is 5.75 Å². The van der Waals surface area contributed by atoms with Crippen molar-refractivity contribution >= 4 is 6.01 Å². The number of anilines is 1. The van der Waals surface area contributed by atoms with Crippen molar-refractivity contribution < 1.29 is 9.15 Å². The van der Waals surface area contributed by atoms with Gasteiger partial charge < -0.3 is 19.8 Å². The van der Waals surface area contributed by atoms with Crippen molar-refractivity contribution in [3.05, 3.63) is 36.2 Å². The molecule has 2 rings (SSSR count). The van der Waals surface area contributed by atoms with E-state index in [1.165, 1.54) is 0 Å². The Morgan fingerprint density at radius 2 is 2.00 bits per heavy atom. The van der Waals surface area contributed by atoms with Crippen LogP contribution in [0.5, 0.6) is 5.75 Å². The van der Waals surface area contributed by atoms with E-state index >= 15 is 0 Å². The molecule has 20 heavy (non-hydrogen) atoms. The van der Waals surface area contributed by atoms with Crippen molar-refractivity contribution in [1.29, 1.82) is 0 Å². The van der Waals surface area contributed by atoms with Gasteiger partial charge in [-0.2, -0.15) is 0 Å². The van der Waals surface area contributed by atoms with Crippen LogP contribution in [0.15, 0.2) is 34.7 Å². The summed E-state index contributed by atoms with van der Waals surface area (Å²) in [6.45, 7) is 4.80. The van der Waals surface area contributed by atoms with Crippen molar-refractivity contribution in [3.63, 3.8) is 0 Å². The monoisotopic (exact) mass is 276 g/mol. The fraction of sp³-hybridized carbons (Fsp3) is 0.429. The lowest BCUT2D eigenvalue weighted by Crippen LogP contribution is -2.13. The second-order valence-electron chi connectivity index (χ2n) is 4.27. The van der Waals surface area contributed by atoms with Crippen LogP contribution < -0.4 is 15.4 Å². The molecule has 1 aromatic carbocycles. The van der Waals surface area contributed by atoms with Gasteiger partial charge in [-0.05, 0) is 25.1 Å². The van der Waals surface area contributed by atoms with E-state index in [0.29, 0.717) is 31.6 Å². The lowest BCUT2D eigenvalue weighted by molar-refractivity contribution is 0.331. The molecule has 1 heterocycles. The van der Waals surface area contributed by atoms with E-state index in [1.807, 2.05) is 30.3 Å². The topological polar surface area (TPSA) is 72.2 Å². The summed E-state index contributed by atoms with van der Waals surface area (Å²) in [4.78, 5) is 0. The molecular formula is C14H20N4O2. The van der Waals surface area contributed by atoms with Crippen LogP contribution in [0.4, 0.5) is 6.01 Å². The van der Waals surface area contributed by atoms with Gasteiger partial charge in [-0.15, -0.1) is 5.10 Å². The molecule has 108 valence electrons. The van der Waals surface area contributed by atoms with Gasteiger partial charge in [0.05, 0.1) is 13.1 Å². The number of hydrogen-bond acceptors (Lipinski definition) is 6. The number of nitrogens with zero attached hydrogens (tertiary/aromatic N) is 2. The smallest absolute Gasteiger partial charge is 0.315 e. The summed E-state index contributed by atoms with van der Waals surface area (Å²) in [5.74, 6) is 1.44. The first-order chi connectivity index (χ1) is 9.88. The first kappa shape index (κ1) is 14.3. The van der Waals surface area contributed by atoms with E-state index < -0.39 is 0 Å². The average Bonchev–Trinajstić information content (AvgIpc) is 2.93. The summed E-state index contributed by atoms with van der Waals surface area (Å²) in [6, 6.07) is 10.1. The quantitative estimate of drug-likeness (QED) is 0.683. The molecule has 0 atom stereocenters. The van der Waals surface area contributed by atoms with Crippen molar-refractivity contribution in [2.45, 2.75) is 19.9 Å². The molecule has 0 aliphatic rings. The summed E-state index contributed by atoms with van der Waals surface area (Å²) in [5.41, 5.74) is 0. The number of aromatic nitrogens is 2. The molecule has 0 saturated heterocycles. The lowest BCUT2D eigenvalue weighted by atomic mass is 10.3. The molecule has 0 saturated carbocycles. The Bertz CT molecular complexity index is 487. The fourth-order valence-corrected chi connectivity index (χ4v) is 1.61. The Morgan fingerprint density at radius 1 is 1.15 bits per heavy atom. The zero-order valence-corrected chi connectivity index (χ0v) is 11.6. The number of nitrogens with one attached hydrogen (secondary N) is 2. The third kappa shape index (κ3) is 4.89. The summed E-state index contributed by atoms with van der Waals surface area (Å²) < 4.78 is 11.0. The van der Waals surface area contributed by atoms with Gasteiger partial charge >= 0.3 is 6.01 Å². The maximum absolute atomic E-state index is 5.55. The van der Waals surface area contributed by atoms with Crippen molar-refractivity contribution in [2.24, 2.45) is 0 Å². The molecule has 0 amide bonds. The zero-order valence-electron chi connectivity index (χ0n) is 11.6. The Kier molecular flexibility index (Phi) is 5.85. The molecule has 0 spiro atoms. The molecule has 0 bridgehead atoms. The van der Waals surface area contributed by atoms with Gasteiger partial charge in [0, 0.05) is 0 Å². The van der Waals surface area contributed by atoms with Crippen LogP contribution in [0.25, 0.3) is 0 Å². The Morgan fingerprint density at radius 3 is 2.80 bits per heavy atom. The van der Waals surface area contributed by atoms with Gasteiger partial charge in [0.15, 0.2) is 0 Å². The maximum Gasteiger partial charge on any atom is 0.315 e. The van der Waals surface area contributed by atoms with Crippen LogP contribution >= 0.6 is 0 Å². The van der Waals surface area contributed by atoms with Crippen LogP contribution in [0.2, 0.25) is 0 Å². The third-order valence-electron chi connectivity index (χ3n) is 2.56. The van der Waals surface area contributed by atoms with E-state index in [4.69, 9.17) is 9.15 Å². The lowest BCUT2D eigenvalue weighted by Gasteiger charge is -2.05. The molecule has 0 radical (unpaired) electrons. The molecule has 0 aliphatic heterocycles. The van der Waals surface area contributed by atoms with E-state index in [9.17, 15) is 0 Å². The Hall–Kier alpha value is -2.08. The number of benzene rings is 1. The zero-order chi connectivity index (χ0) is 14.0. The molecule has 0 aliphatic carbocycles. The summed E-state index contributed by atoms with van der Waals surface area (Å²) in [5, 5.41) is 14.1. The number of ether oxygens (including phenoxy) is 1. The second-order valence-corrected chi connectivity index (χ2v) is 4.27. The van der Waals surface area contributed by atoms with E-state index in [1.54, 1.807) is 0 Å². The summed E-state index contributed by atoms with van der Waals surface area (Å²) in [6.07, 6.45) is 1.08. The highest BCUT2D eigenvalue weighted by Gasteiger charge is 2.04. The SMILES string of the molecule is CCCNCc1nnc(NCCOc2ccccc2)o1. The van der Waals surface area contributed by atoms with E-state index in [2.05, 4.69) is 27.8 Å². The molecule has 6 heteroatoms. The molecule has 0 unspecified atom stereocenters. The largest absolute Gasteiger partial charge is 0.492 e. The van der Waals surface area contributed by atoms with Crippen LogP contribution in [-0.2, 0) is 6.54 Å². The van der Waals surface area contributed by atoms with Crippen molar-refractivity contribution in [2.75, 3.05) is 25.0 Å². The molecule has 2 N–H and O–H groups in total. The maximum atomic E-state index is 5.55. The highest BCUT2D eigenvalue weighted by Crippen LogP contribution is 2.08. The van der Waals surface area contributed by atoms with Crippen LogP contribution in [0, 0.1) is 0 Å². The Labute approximate surface area is 118 Å². The molecule has 0 fully saturated rings. The van der Waals surface area contributed by atoms with Gasteiger partial charge in [-0.1, -0.05) is 30.2 Å². The molecule has 1 aromatic heterocycles. The minimum atomic E-state index is 0.426.